The van der Waals surface area contributed by atoms with Crippen molar-refractivity contribution in [2.75, 3.05) is 18.6 Å². The van der Waals surface area contributed by atoms with Gasteiger partial charge in [-0.15, -0.1) is 10.2 Å². The maximum absolute atomic E-state index is 12.6. The highest BCUT2D eigenvalue weighted by molar-refractivity contribution is 7.15. The number of hydrogen-bond acceptors (Lipinski definition) is 7. The zero-order chi connectivity index (χ0) is 19.6. The zero-order valence-electron chi connectivity index (χ0n) is 16.0. The number of ether oxygens (including phenoxy) is 1. The van der Waals surface area contributed by atoms with Crippen LogP contribution in [0.3, 0.4) is 0 Å². The van der Waals surface area contributed by atoms with Crippen LogP contribution in [-0.2, 0) is 34.0 Å². The van der Waals surface area contributed by atoms with Crippen LogP contribution in [0, 0.1) is 19.8 Å². The van der Waals surface area contributed by atoms with E-state index >= 15 is 0 Å². The molecule has 2 aromatic heterocycles. The summed E-state index contributed by atoms with van der Waals surface area (Å²) in [4.78, 5) is 26.4. The van der Waals surface area contributed by atoms with Crippen LogP contribution < -0.4 is 10.2 Å². The number of nitrogens with zero attached hydrogens (tertiary/aromatic N) is 5. The summed E-state index contributed by atoms with van der Waals surface area (Å²) < 4.78 is 6.95. The van der Waals surface area contributed by atoms with Crippen molar-refractivity contribution in [1.29, 1.82) is 0 Å². The first kappa shape index (κ1) is 19.4. The fourth-order valence-electron chi connectivity index (χ4n) is 3.22. The molecular formula is C17H24N6O3S. The fraction of sp³-hybridized carbons (Fsp3) is 0.588. The van der Waals surface area contributed by atoms with Gasteiger partial charge < -0.3 is 10.1 Å². The predicted octanol–water partition coefficient (Wildman–Crippen LogP) is 1.19. The summed E-state index contributed by atoms with van der Waals surface area (Å²) >= 11 is 1.31. The number of aryl methyl sites for hydroxylation is 2. The maximum Gasteiger partial charge on any atom is 0.229 e. The number of nitrogens with one attached hydrogen (secondary N) is 1. The number of hydrogen-bond donors (Lipinski definition) is 1. The molecule has 0 aromatic carbocycles. The molecule has 9 nitrogen and oxygen atoms in total. The number of methoxy groups -OCH3 is 1. The van der Waals surface area contributed by atoms with Crippen molar-refractivity contribution >= 4 is 28.3 Å². The van der Waals surface area contributed by atoms with Crippen LogP contribution in [0.2, 0.25) is 0 Å². The second-order valence-corrected chi connectivity index (χ2v) is 7.54. The molecule has 0 radical (unpaired) electrons. The molecule has 1 N–H and O–H groups in total. The smallest absolute Gasteiger partial charge is 0.229 e. The summed E-state index contributed by atoms with van der Waals surface area (Å²) in [6.07, 6.45) is 0.178. The summed E-state index contributed by atoms with van der Waals surface area (Å²) in [6, 6.07) is 0. The number of aromatic nitrogens is 4. The summed E-state index contributed by atoms with van der Waals surface area (Å²) in [6.45, 7) is 7.85. The average Bonchev–Trinajstić information content (AvgIpc) is 3.32. The van der Waals surface area contributed by atoms with Gasteiger partial charge in [-0.1, -0.05) is 11.3 Å². The first-order valence-corrected chi connectivity index (χ1v) is 9.68. The van der Waals surface area contributed by atoms with E-state index in [1.807, 2.05) is 25.5 Å². The molecule has 2 amide bonds. The monoisotopic (exact) mass is 392 g/mol. The lowest BCUT2D eigenvalue weighted by atomic mass is 10.1. The third kappa shape index (κ3) is 4.01. The van der Waals surface area contributed by atoms with Crippen LogP contribution in [0.25, 0.3) is 0 Å². The quantitative estimate of drug-likeness (QED) is 0.759. The normalized spacial score (nSPS) is 17.0. The Bertz CT molecular complexity index is 846. The van der Waals surface area contributed by atoms with Gasteiger partial charge >= 0.3 is 0 Å². The highest BCUT2D eigenvalue weighted by atomic mass is 32.1. The summed E-state index contributed by atoms with van der Waals surface area (Å²) in [7, 11) is 1.58. The number of rotatable bonds is 7. The van der Waals surface area contributed by atoms with E-state index in [1.165, 1.54) is 16.2 Å². The van der Waals surface area contributed by atoms with Gasteiger partial charge in [-0.2, -0.15) is 5.10 Å². The Balaban J connectivity index is 1.61. The third-order valence-corrected chi connectivity index (χ3v) is 5.64. The molecular weight excluding hydrogens is 368 g/mol. The molecule has 1 atom stereocenters. The molecule has 146 valence electrons. The lowest BCUT2D eigenvalue weighted by molar-refractivity contribution is -0.126. The Labute approximate surface area is 161 Å². The van der Waals surface area contributed by atoms with Crippen LogP contribution in [-0.4, -0.2) is 45.4 Å². The molecule has 2 aromatic rings. The van der Waals surface area contributed by atoms with Crippen molar-refractivity contribution in [3.8, 4) is 0 Å². The van der Waals surface area contributed by atoms with Gasteiger partial charge in [-0.3, -0.25) is 19.2 Å². The number of carbonyl (C=O) groups is 2. The molecule has 1 aliphatic heterocycles. The maximum atomic E-state index is 12.6. The molecule has 0 bridgehead atoms. The average molecular weight is 392 g/mol. The Kier molecular flexibility index (Phi) is 5.85. The van der Waals surface area contributed by atoms with Crippen molar-refractivity contribution in [2.24, 2.45) is 5.92 Å². The van der Waals surface area contributed by atoms with Crippen LogP contribution in [0.1, 0.15) is 35.3 Å². The van der Waals surface area contributed by atoms with E-state index in [4.69, 9.17) is 4.74 Å². The summed E-state index contributed by atoms with van der Waals surface area (Å²) in [5.41, 5.74) is 3.00. The molecule has 3 rings (SSSR count). The molecule has 27 heavy (non-hydrogen) atoms. The van der Waals surface area contributed by atoms with Gasteiger partial charge in [0.05, 0.1) is 11.6 Å². The number of anilines is 1. The van der Waals surface area contributed by atoms with Crippen LogP contribution >= 0.6 is 11.3 Å². The van der Waals surface area contributed by atoms with Gasteiger partial charge in [-0.25, -0.2) is 0 Å². The Morgan fingerprint density at radius 2 is 2.15 bits per heavy atom. The number of amides is 2. The summed E-state index contributed by atoms with van der Waals surface area (Å²) in [5, 5.41) is 16.7. The van der Waals surface area contributed by atoms with E-state index < -0.39 is 5.92 Å². The minimum Gasteiger partial charge on any atom is -0.377 e. The van der Waals surface area contributed by atoms with Gasteiger partial charge in [0, 0.05) is 44.4 Å². The molecule has 1 unspecified atom stereocenters. The lowest BCUT2D eigenvalue weighted by Crippen LogP contribution is -2.32. The first-order chi connectivity index (χ1) is 12.9. The second kappa shape index (κ2) is 8.13. The molecule has 10 heteroatoms. The van der Waals surface area contributed by atoms with E-state index in [0.717, 1.165) is 23.5 Å². The highest BCUT2D eigenvalue weighted by Crippen LogP contribution is 2.28. The standard InChI is InChI=1S/C17H24N6O3S/c1-5-23-11(3)13(10(2)21-23)7-18-16(25)12-6-15(24)22(8-12)17-20-19-14(27-17)9-26-4/h12H,5-9H2,1-4H3,(H,18,25). The molecule has 1 saturated heterocycles. The van der Waals surface area contributed by atoms with Gasteiger partial charge in [0.1, 0.15) is 11.6 Å². The van der Waals surface area contributed by atoms with E-state index in [-0.39, 0.29) is 18.2 Å². The minimum atomic E-state index is -0.394. The molecule has 0 spiro atoms. The summed E-state index contributed by atoms with van der Waals surface area (Å²) in [5.74, 6) is -0.633. The molecule has 1 fully saturated rings. The van der Waals surface area contributed by atoms with E-state index in [2.05, 4.69) is 20.6 Å². The largest absolute Gasteiger partial charge is 0.377 e. The van der Waals surface area contributed by atoms with Crippen molar-refractivity contribution < 1.29 is 14.3 Å². The van der Waals surface area contributed by atoms with Crippen LogP contribution in [0.4, 0.5) is 5.13 Å². The van der Waals surface area contributed by atoms with Crippen LogP contribution in [0.5, 0.6) is 0 Å². The predicted molar refractivity (Wildman–Crippen MR) is 100 cm³/mol. The Morgan fingerprint density at radius 3 is 2.81 bits per heavy atom. The van der Waals surface area contributed by atoms with Gasteiger partial charge in [0.15, 0.2) is 0 Å². The SMILES string of the molecule is CCn1nc(C)c(CNC(=O)C2CC(=O)N(c3nnc(COC)s3)C2)c1C. The topological polar surface area (TPSA) is 102 Å². The van der Waals surface area contributed by atoms with E-state index in [1.54, 1.807) is 7.11 Å². The van der Waals surface area contributed by atoms with Crippen molar-refractivity contribution in [3.63, 3.8) is 0 Å². The Hall–Kier alpha value is -2.33. The Morgan fingerprint density at radius 1 is 1.37 bits per heavy atom. The zero-order valence-corrected chi connectivity index (χ0v) is 16.8. The lowest BCUT2D eigenvalue weighted by Gasteiger charge is -2.13. The van der Waals surface area contributed by atoms with Gasteiger partial charge in [-0.05, 0) is 20.8 Å². The fourth-order valence-corrected chi connectivity index (χ4v) is 4.06. The van der Waals surface area contributed by atoms with Crippen LogP contribution in [0.15, 0.2) is 0 Å². The van der Waals surface area contributed by atoms with E-state index in [9.17, 15) is 9.59 Å². The van der Waals surface area contributed by atoms with E-state index in [0.29, 0.717) is 29.8 Å². The molecule has 0 saturated carbocycles. The van der Waals surface area contributed by atoms with Crippen molar-refractivity contribution in [1.82, 2.24) is 25.3 Å². The minimum absolute atomic E-state index is 0.110. The highest BCUT2D eigenvalue weighted by Gasteiger charge is 2.36. The van der Waals surface area contributed by atoms with Crippen molar-refractivity contribution in [2.45, 2.75) is 46.9 Å². The third-order valence-electron chi connectivity index (χ3n) is 4.72. The number of carbonyl (C=O) groups excluding carboxylic acids is 2. The second-order valence-electron chi connectivity index (χ2n) is 6.50. The molecule has 1 aliphatic rings. The van der Waals surface area contributed by atoms with Gasteiger partial charge in [0.2, 0.25) is 16.9 Å². The van der Waals surface area contributed by atoms with Crippen molar-refractivity contribution in [3.05, 3.63) is 22.0 Å². The molecule has 0 aliphatic carbocycles. The van der Waals surface area contributed by atoms with Gasteiger partial charge in [0.25, 0.3) is 0 Å². The first-order valence-electron chi connectivity index (χ1n) is 8.86. The molecule has 3 heterocycles.